The van der Waals surface area contributed by atoms with E-state index in [1.807, 2.05) is 32.1 Å². The van der Waals surface area contributed by atoms with Gasteiger partial charge in [0.15, 0.2) is 0 Å². The van der Waals surface area contributed by atoms with Crippen molar-refractivity contribution in [2.24, 2.45) is 0 Å². The van der Waals surface area contributed by atoms with Crippen LogP contribution in [0.2, 0.25) is 0 Å². The van der Waals surface area contributed by atoms with Gasteiger partial charge >= 0.3 is 17.9 Å². The third-order valence-corrected chi connectivity index (χ3v) is 7.55. The smallest absolute Gasteiger partial charge is 0.317 e. The van der Waals surface area contributed by atoms with Crippen LogP contribution < -0.4 is 0 Å². The summed E-state index contributed by atoms with van der Waals surface area (Å²) in [6.07, 6.45) is 7.67. The maximum absolute atomic E-state index is 11.4. The minimum atomic E-state index is -1.38. The van der Waals surface area contributed by atoms with Crippen molar-refractivity contribution in [1.82, 2.24) is 19.6 Å². The van der Waals surface area contributed by atoms with E-state index in [-0.39, 0.29) is 19.6 Å². The molecule has 0 saturated carbocycles. The average molecular weight is 543 g/mol. The van der Waals surface area contributed by atoms with Gasteiger partial charge < -0.3 is 20.2 Å². The Kier molecular flexibility index (Phi) is 16.1. The molecule has 11 nitrogen and oxygen atoms in total. The van der Waals surface area contributed by atoms with E-state index in [2.05, 4.69) is 11.5 Å². The minimum absolute atomic E-state index is 0.164. The van der Waals surface area contributed by atoms with E-state index in [1.165, 1.54) is 0 Å². The summed E-state index contributed by atoms with van der Waals surface area (Å²) in [4.78, 5) is 52.3. The highest BCUT2D eigenvalue weighted by molar-refractivity contribution is 7.51. The summed E-state index contributed by atoms with van der Waals surface area (Å²) in [5.41, 5.74) is 2.01. The lowest BCUT2D eigenvalue weighted by Crippen LogP contribution is -2.48. The number of nitrogens with zero attached hydrogens (tertiary/aromatic N) is 4. The Morgan fingerprint density at radius 1 is 0.757 bits per heavy atom. The van der Waals surface area contributed by atoms with Crippen LogP contribution in [-0.2, 0) is 14.4 Å². The van der Waals surface area contributed by atoms with Crippen LogP contribution >= 0.6 is 8.15 Å². The molecular weight excluding hydrogens is 499 g/mol. The van der Waals surface area contributed by atoms with E-state index in [0.29, 0.717) is 64.8 Å². The molecule has 210 valence electrons. The number of carboxylic acid groups (broad SMARTS) is 3. The summed E-state index contributed by atoms with van der Waals surface area (Å²) in [5, 5.41) is 27.9. The molecule has 0 amide bonds. The Labute approximate surface area is 221 Å². The van der Waals surface area contributed by atoms with E-state index in [4.69, 9.17) is 0 Å². The monoisotopic (exact) mass is 542 g/mol. The largest absolute Gasteiger partial charge is 0.480 e. The van der Waals surface area contributed by atoms with Crippen LogP contribution in [0.5, 0.6) is 0 Å². The zero-order chi connectivity index (χ0) is 27.8. The van der Waals surface area contributed by atoms with Crippen molar-refractivity contribution in [3.63, 3.8) is 0 Å². The Bertz CT molecular complexity index is 789. The number of hydrogen-bond donors (Lipinski definition) is 4. The topological polar surface area (TPSA) is 145 Å². The molecule has 0 aromatic carbocycles. The molecule has 1 unspecified atom stereocenters. The quantitative estimate of drug-likeness (QED) is 0.197. The zero-order valence-electron chi connectivity index (χ0n) is 22.1. The molecule has 0 radical (unpaired) electrons. The van der Waals surface area contributed by atoms with Gasteiger partial charge in [0.1, 0.15) is 0 Å². The second-order valence-electron chi connectivity index (χ2n) is 9.14. The van der Waals surface area contributed by atoms with Crippen LogP contribution in [0.3, 0.4) is 0 Å². The first kappa shape index (κ1) is 32.9. The van der Waals surface area contributed by atoms with Gasteiger partial charge in [0.25, 0.3) is 0 Å². The van der Waals surface area contributed by atoms with Gasteiger partial charge in [-0.3, -0.25) is 34.0 Å². The fourth-order valence-corrected chi connectivity index (χ4v) is 5.40. The van der Waals surface area contributed by atoms with Crippen molar-refractivity contribution in [2.75, 3.05) is 84.4 Å². The Hall–Kier alpha value is -2.14. The van der Waals surface area contributed by atoms with Crippen LogP contribution in [0, 0.1) is 0 Å². The van der Waals surface area contributed by atoms with Gasteiger partial charge in [-0.25, -0.2) is 0 Å². The lowest BCUT2D eigenvalue weighted by atomic mass is 10.2. The van der Waals surface area contributed by atoms with E-state index in [9.17, 15) is 34.6 Å². The SMILES string of the molecule is C=C(/C=C\C(=C/C)CP(O)CN1CCN(CC(=O)O)CCN(CC(=O)O)CCN(CC(=O)O)CC1)CC. The summed E-state index contributed by atoms with van der Waals surface area (Å²) in [6, 6.07) is 0. The van der Waals surface area contributed by atoms with E-state index in [0.717, 1.165) is 17.6 Å². The summed E-state index contributed by atoms with van der Waals surface area (Å²) in [6.45, 7) is 10.7. The molecule has 1 aliphatic heterocycles. The van der Waals surface area contributed by atoms with Crippen molar-refractivity contribution >= 4 is 26.1 Å². The van der Waals surface area contributed by atoms with Gasteiger partial charge in [-0.05, 0) is 18.9 Å². The van der Waals surface area contributed by atoms with Gasteiger partial charge in [-0.15, -0.1) is 0 Å². The number of carboxylic acids is 3. The van der Waals surface area contributed by atoms with Crippen molar-refractivity contribution in [2.45, 2.75) is 20.3 Å². The summed E-state index contributed by atoms with van der Waals surface area (Å²) in [7, 11) is -1.38. The van der Waals surface area contributed by atoms with Gasteiger partial charge in [-0.2, -0.15) is 0 Å². The maximum atomic E-state index is 11.4. The number of hydrogen-bond acceptors (Lipinski definition) is 8. The summed E-state index contributed by atoms with van der Waals surface area (Å²) < 4.78 is 0. The van der Waals surface area contributed by atoms with Crippen molar-refractivity contribution < 1.29 is 34.6 Å². The summed E-state index contributed by atoms with van der Waals surface area (Å²) in [5.74, 6) is -2.91. The first-order valence-electron chi connectivity index (χ1n) is 12.5. The van der Waals surface area contributed by atoms with Gasteiger partial charge in [0.05, 0.1) is 19.6 Å². The van der Waals surface area contributed by atoms with Crippen LogP contribution in [0.1, 0.15) is 20.3 Å². The number of allylic oxidation sites excluding steroid dienone is 5. The predicted octanol–water partition coefficient (Wildman–Crippen LogP) is 1.28. The van der Waals surface area contributed by atoms with Gasteiger partial charge in [0.2, 0.25) is 0 Å². The van der Waals surface area contributed by atoms with Crippen molar-refractivity contribution in [3.8, 4) is 0 Å². The summed E-state index contributed by atoms with van der Waals surface area (Å²) >= 11 is 0. The predicted molar refractivity (Wildman–Crippen MR) is 145 cm³/mol. The molecule has 1 fully saturated rings. The first-order valence-corrected chi connectivity index (χ1v) is 14.2. The average Bonchev–Trinajstić information content (AvgIpc) is 2.82. The van der Waals surface area contributed by atoms with Crippen molar-refractivity contribution in [3.05, 3.63) is 36.0 Å². The van der Waals surface area contributed by atoms with Gasteiger partial charge in [0, 0.05) is 73.0 Å². The molecule has 1 saturated heterocycles. The highest BCUT2D eigenvalue weighted by Gasteiger charge is 2.21. The van der Waals surface area contributed by atoms with Crippen LogP contribution in [-0.4, -0.2) is 142 Å². The van der Waals surface area contributed by atoms with E-state index < -0.39 is 26.1 Å². The first-order chi connectivity index (χ1) is 17.5. The Morgan fingerprint density at radius 2 is 1.14 bits per heavy atom. The third-order valence-electron chi connectivity index (χ3n) is 6.09. The van der Waals surface area contributed by atoms with E-state index in [1.54, 1.807) is 14.7 Å². The third kappa shape index (κ3) is 15.7. The number of carbonyl (C=O) groups is 3. The zero-order valence-corrected chi connectivity index (χ0v) is 23.0. The van der Waals surface area contributed by atoms with Crippen LogP contribution in [0.15, 0.2) is 36.0 Å². The molecule has 37 heavy (non-hydrogen) atoms. The second kappa shape index (κ2) is 18.2. The molecule has 0 aromatic heterocycles. The second-order valence-corrected chi connectivity index (χ2v) is 10.8. The highest BCUT2D eigenvalue weighted by Crippen LogP contribution is 2.33. The standard InChI is InChI=1S/C25H43N4O7P/c1-4-21(3)6-7-22(5-2)19-37(36)20-29-14-12-27(17-24(32)33)10-8-26(16-23(30)31)9-11-28(13-15-29)18-25(34)35/h5-7,36H,3-4,8-20H2,1-2H3,(H,30,31)(H,32,33)(H,34,35)/b7-6-,22-5+. The molecular formula is C25H43N4O7P. The molecule has 0 spiro atoms. The maximum Gasteiger partial charge on any atom is 0.317 e. The fourth-order valence-electron chi connectivity index (χ4n) is 3.84. The van der Waals surface area contributed by atoms with Gasteiger partial charge in [-0.1, -0.05) is 37.3 Å². The molecule has 4 N–H and O–H groups in total. The van der Waals surface area contributed by atoms with E-state index >= 15 is 0 Å². The number of aliphatic carboxylic acids is 3. The molecule has 1 atom stereocenters. The molecule has 0 aromatic rings. The van der Waals surface area contributed by atoms with Crippen LogP contribution in [0.4, 0.5) is 0 Å². The lowest BCUT2D eigenvalue weighted by Gasteiger charge is -2.33. The Morgan fingerprint density at radius 3 is 1.46 bits per heavy atom. The Balaban J connectivity index is 2.98. The molecule has 1 heterocycles. The molecule has 12 heteroatoms. The lowest BCUT2D eigenvalue weighted by molar-refractivity contribution is -0.140. The molecule has 1 aliphatic rings. The molecule has 0 bridgehead atoms. The molecule has 0 aliphatic carbocycles. The van der Waals surface area contributed by atoms with Crippen molar-refractivity contribution in [1.29, 1.82) is 0 Å². The minimum Gasteiger partial charge on any atom is -0.480 e. The molecule has 1 rings (SSSR count). The normalized spacial score (nSPS) is 19.3. The fraction of sp³-hybridized carbons (Fsp3) is 0.640. The number of rotatable bonds is 13. The highest BCUT2D eigenvalue weighted by atomic mass is 31.1. The van der Waals surface area contributed by atoms with Crippen LogP contribution in [0.25, 0.3) is 0 Å².